The number of aryl methyl sites for hydroxylation is 2. The fourth-order valence-electron chi connectivity index (χ4n) is 1.89. The zero-order valence-corrected chi connectivity index (χ0v) is 10.7. The first-order valence-corrected chi connectivity index (χ1v) is 6.00. The average Bonchev–Trinajstić information content (AvgIpc) is 2.72. The molecule has 1 N–H and O–H groups in total. The molecule has 2 rings (SSSR count). The van der Waals surface area contributed by atoms with Crippen molar-refractivity contribution < 1.29 is 4.42 Å². The van der Waals surface area contributed by atoms with Crippen LogP contribution >= 0.6 is 0 Å². The van der Waals surface area contributed by atoms with E-state index in [0.717, 1.165) is 18.1 Å². The van der Waals surface area contributed by atoms with Gasteiger partial charge in [-0.05, 0) is 38.5 Å². The lowest BCUT2D eigenvalue weighted by molar-refractivity contribution is 0.444. The summed E-state index contributed by atoms with van der Waals surface area (Å²) in [5.74, 6) is 1.95. The summed E-state index contributed by atoms with van der Waals surface area (Å²) in [6.45, 7) is 7.02. The fourth-order valence-corrected chi connectivity index (χ4v) is 1.89. The minimum absolute atomic E-state index is 0.334. The Morgan fingerprint density at radius 2 is 2.00 bits per heavy atom. The zero-order chi connectivity index (χ0) is 12.3. The molecule has 90 valence electrons. The van der Waals surface area contributed by atoms with E-state index < -0.39 is 0 Å². The van der Waals surface area contributed by atoms with Gasteiger partial charge in [0.2, 0.25) is 0 Å². The first-order valence-electron chi connectivity index (χ1n) is 6.00. The van der Waals surface area contributed by atoms with E-state index in [1.54, 1.807) is 0 Å². The van der Waals surface area contributed by atoms with Crippen molar-refractivity contribution >= 4 is 0 Å². The van der Waals surface area contributed by atoms with E-state index in [0.29, 0.717) is 6.04 Å². The molecule has 0 radical (unpaired) electrons. The lowest BCUT2D eigenvalue weighted by Crippen LogP contribution is -2.17. The van der Waals surface area contributed by atoms with E-state index in [-0.39, 0.29) is 0 Å². The molecular formula is C15H19NO. The Balaban J connectivity index is 1.95. The molecule has 0 aliphatic rings. The molecule has 2 heteroatoms. The third-order valence-electron chi connectivity index (χ3n) is 2.92. The molecule has 0 saturated carbocycles. The molecule has 0 saturated heterocycles. The fraction of sp³-hybridized carbons (Fsp3) is 0.333. The van der Waals surface area contributed by atoms with Crippen LogP contribution in [0.5, 0.6) is 0 Å². The van der Waals surface area contributed by atoms with Crippen molar-refractivity contribution in [2.45, 2.75) is 33.4 Å². The average molecular weight is 229 g/mol. The molecule has 0 fully saturated rings. The first kappa shape index (κ1) is 11.9. The van der Waals surface area contributed by atoms with Gasteiger partial charge < -0.3 is 9.73 Å². The van der Waals surface area contributed by atoms with E-state index in [4.69, 9.17) is 4.42 Å². The van der Waals surface area contributed by atoms with Gasteiger partial charge in [-0.1, -0.05) is 29.8 Å². The molecule has 1 aromatic carbocycles. The molecule has 0 bridgehead atoms. The molecular weight excluding hydrogens is 210 g/mol. The molecule has 1 atom stereocenters. The number of rotatable bonds is 4. The van der Waals surface area contributed by atoms with E-state index in [9.17, 15) is 0 Å². The Bertz CT molecular complexity index is 487. The SMILES string of the molecule is Cc1cccc(C(C)NCc2ccc(C)o2)c1. The van der Waals surface area contributed by atoms with Gasteiger partial charge in [0.25, 0.3) is 0 Å². The standard InChI is InChI=1S/C15H19NO/c1-11-5-4-6-14(9-11)13(3)16-10-15-8-7-12(2)17-15/h4-9,13,16H,10H2,1-3H3. The summed E-state index contributed by atoms with van der Waals surface area (Å²) in [5, 5.41) is 3.46. The molecule has 0 aliphatic heterocycles. The molecule has 2 aromatic rings. The molecule has 0 spiro atoms. The van der Waals surface area contributed by atoms with Crippen LogP contribution in [-0.2, 0) is 6.54 Å². The Hall–Kier alpha value is -1.54. The third kappa shape index (κ3) is 3.21. The van der Waals surface area contributed by atoms with E-state index in [2.05, 4.69) is 43.4 Å². The van der Waals surface area contributed by atoms with E-state index >= 15 is 0 Å². The molecule has 1 unspecified atom stereocenters. The van der Waals surface area contributed by atoms with Crippen molar-refractivity contribution in [1.29, 1.82) is 0 Å². The molecule has 17 heavy (non-hydrogen) atoms. The quantitative estimate of drug-likeness (QED) is 0.863. The number of nitrogens with one attached hydrogen (secondary N) is 1. The summed E-state index contributed by atoms with van der Waals surface area (Å²) in [5.41, 5.74) is 2.61. The first-order chi connectivity index (χ1) is 8.15. The Kier molecular flexibility index (Phi) is 3.64. The summed E-state index contributed by atoms with van der Waals surface area (Å²) in [6.07, 6.45) is 0. The normalized spacial score (nSPS) is 12.6. The zero-order valence-electron chi connectivity index (χ0n) is 10.7. The van der Waals surface area contributed by atoms with E-state index in [1.165, 1.54) is 11.1 Å². The van der Waals surface area contributed by atoms with Gasteiger partial charge in [0, 0.05) is 6.04 Å². The third-order valence-corrected chi connectivity index (χ3v) is 2.92. The highest BCUT2D eigenvalue weighted by atomic mass is 16.3. The second-order valence-electron chi connectivity index (χ2n) is 4.53. The highest BCUT2D eigenvalue weighted by Gasteiger charge is 2.06. The van der Waals surface area contributed by atoms with Crippen molar-refractivity contribution in [3.63, 3.8) is 0 Å². The van der Waals surface area contributed by atoms with Gasteiger partial charge in [-0.25, -0.2) is 0 Å². The van der Waals surface area contributed by atoms with Gasteiger partial charge in [-0.2, -0.15) is 0 Å². The summed E-state index contributed by atoms with van der Waals surface area (Å²) < 4.78 is 5.53. The Morgan fingerprint density at radius 3 is 2.65 bits per heavy atom. The number of hydrogen-bond acceptors (Lipinski definition) is 2. The maximum atomic E-state index is 5.53. The molecule has 0 amide bonds. The van der Waals surface area contributed by atoms with Crippen LogP contribution < -0.4 is 5.32 Å². The van der Waals surface area contributed by atoms with Crippen LogP contribution in [-0.4, -0.2) is 0 Å². The van der Waals surface area contributed by atoms with Gasteiger partial charge in [0.15, 0.2) is 0 Å². The van der Waals surface area contributed by atoms with Gasteiger partial charge in [0.1, 0.15) is 11.5 Å². The van der Waals surface area contributed by atoms with Crippen LogP contribution in [0.15, 0.2) is 40.8 Å². The van der Waals surface area contributed by atoms with Crippen LogP contribution in [0.25, 0.3) is 0 Å². The predicted molar refractivity (Wildman–Crippen MR) is 69.9 cm³/mol. The van der Waals surface area contributed by atoms with Gasteiger partial charge in [0.05, 0.1) is 6.54 Å². The van der Waals surface area contributed by atoms with Crippen molar-refractivity contribution in [1.82, 2.24) is 5.32 Å². The summed E-state index contributed by atoms with van der Waals surface area (Å²) in [6, 6.07) is 12.9. The van der Waals surface area contributed by atoms with Gasteiger partial charge in [-0.3, -0.25) is 0 Å². The minimum Gasteiger partial charge on any atom is -0.465 e. The highest BCUT2D eigenvalue weighted by Crippen LogP contribution is 2.15. The Morgan fingerprint density at radius 1 is 1.18 bits per heavy atom. The van der Waals surface area contributed by atoms with Crippen LogP contribution in [0.1, 0.15) is 35.6 Å². The van der Waals surface area contributed by atoms with Crippen molar-refractivity contribution in [2.75, 3.05) is 0 Å². The summed E-state index contributed by atoms with van der Waals surface area (Å²) in [7, 11) is 0. The highest BCUT2D eigenvalue weighted by molar-refractivity contribution is 5.24. The van der Waals surface area contributed by atoms with Crippen LogP contribution in [0.3, 0.4) is 0 Å². The molecule has 1 heterocycles. The largest absolute Gasteiger partial charge is 0.465 e. The minimum atomic E-state index is 0.334. The molecule has 0 aliphatic carbocycles. The van der Waals surface area contributed by atoms with Crippen molar-refractivity contribution in [3.05, 3.63) is 59.0 Å². The second kappa shape index (κ2) is 5.19. The smallest absolute Gasteiger partial charge is 0.117 e. The topological polar surface area (TPSA) is 25.2 Å². The number of benzene rings is 1. The lowest BCUT2D eigenvalue weighted by Gasteiger charge is -2.13. The summed E-state index contributed by atoms with van der Waals surface area (Å²) >= 11 is 0. The lowest BCUT2D eigenvalue weighted by atomic mass is 10.1. The van der Waals surface area contributed by atoms with Crippen LogP contribution in [0, 0.1) is 13.8 Å². The van der Waals surface area contributed by atoms with Gasteiger partial charge in [-0.15, -0.1) is 0 Å². The second-order valence-corrected chi connectivity index (χ2v) is 4.53. The van der Waals surface area contributed by atoms with Crippen molar-refractivity contribution in [2.24, 2.45) is 0 Å². The van der Waals surface area contributed by atoms with E-state index in [1.807, 2.05) is 19.1 Å². The monoisotopic (exact) mass is 229 g/mol. The molecule has 2 nitrogen and oxygen atoms in total. The van der Waals surface area contributed by atoms with Crippen LogP contribution in [0.2, 0.25) is 0 Å². The summed E-state index contributed by atoms with van der Waals surface area (Å²) in [4.78, 5) is 0. The predicted octanol–water partition coefficient (Wildman–Crippen LogP) is 3.75. The van der Waals surface area contributed by atoms with Crippen molar-refractivity contribution in [3.8, 4) is 0 Å². The van der Waals surface area contributed by atoms with Crippen LogP contribution in [0.4, 0.5) is 0 Å². The maximum Gasteiger partial charge on any atom is 0.117 e. The van der Waals surface area contributed by atoms with Gasteiger partial charge >= 0.3 is 0 Å². The maximum absolute atomic E-state index is 5.53. The number of furan rings is 1. The number of hydrogen-bond donors (Lipinski definition) is 1. The Labute approximate surface area is 103 Å². The molecule has 1 aromatic heterocycles.